The highest BCUT2D eigenvalue weighted by Gasteiger charge is 2.47. The fraction of sp³-hybridized carbons (Fsp3) is 0.696. The van der Waals surface area contributed by atoms with Gasteiger partial charge in [0.05, 0.1) is 31.6 Å². The Morgan fingerprint density at radius 2 is 1.85 bits per heavy atom. The zero-order valence-electron chi connectivity index (χ0n) is 18.9. The Bertz CT molecular complexity index is 1010. The number of halogens is 3. The molecule has 188 valence electrons. The fourth-order valence-electron chi connectivity index (χ4n) is 5.43. The molecule has 2 aromatic rings. The van der Waals surface area contributed by atoms with Crippen LogP contribution < -0.4 is 0 Å². The van der Waals surface area contributed by atoms with Crippen molar-refractivity contribution in [2.45, 2.75) is 69.2 Å². The molecule has 0 radical (unpaired) electrons. The van der Waals surface area contributed by atoms with E-state index in [1.54, 1.807) is 4.68 Å². The zero-order chi connectivity index (χ0) is 24.0. The summed E-state index contributed by atoms with van der Waals surface area (Å²) in [5, 5.41) is 24.8. The summed E-state index contributed by atoms with van der Waals surface area (Å²) in [5.41, 5.74) is 0.190. The number of aliphatic hydroxyl groups excluding tert-OH is 1. The van der Waals surface area contributed by atoms with Crippen molar-refractivity contribution in [3.8, 4) is 0 Å². The van der Waals surface area contributed by atoms with Gasteiger partial charge in [0.15, 0.2) is 0 Å². The van der Waals surface area contributed by atoms with E-state index in [0.717, 1.165) is 16.9 Å². The second-order valence-electron chi connectivity index (χ2n) is 9.63. The second kappa shape index (κ2) is 9.18. The molecule has 0 aromatic carbocycles. The molecule has 0 unspecified atom stereocenters. The summed E-state index contributed by atoms with van der Waals surface area (Å²) >= 11 is 0.749. The van der Waals surface area contributed by atoms with Gasteiger partial charge in [-0.1, -0.05) is 0 Å². The van der Waals surface area contributed by atoms with Crippen LogP contribution in [-0.2, 0) is 47.4 Å². The van der Waals surface area contributed by atoms with Gasteiger partial charge >= 0.3 is 6.18 Å². The molecule has 7 nitrogen and oxygen atoms in total. The molecule has 0 atom stereocenters. The average Bonchev–Trinajstić information content (AvgIpc) is 3.40. The number of thiophene rings is 1. The maximum atomic E-state index is 13.6. The van der Waals surface area contributed by atoms with Gasteiger partial charge in [-0.3, -0.25) is 9.58 Å². The van der Waals surface area contributed by atoms with Crippen LogP contribution >= 0.6 is 11.3 Å². The predicted molar refractivity (Wildman–Crippen MR) is 118 cm³/mol. The van der Waals surface area contributed by atoms with Crippen molar-refractivity contribution in [3.63, 3.8) is 0 Å². The first kappa shape index (κ1) is 24.2. The van der Waals surface area contributed by atoms with E-state index in [0.29, 0.717) is 88.5 Å². The minimum Gasteiger partial charge on any atom is -0.392 e. The standard InChI is InChI=1S/C23H30F3N3O4S/c24-23(25,26)20-18(14-30)17-1-8-33-22(19(17)34-20)2-6-28(7-3-22)12-16-11-27-29(13-16)15-21(31)4-9-32-10-5-21/h11,13,30-31H,1-10,12,14-15H2. The van der Waals surface area contributed by atoms with E-state index in [4.69, 9.17) is 9.47 Å². The molecule has 2 fully saturated rings. The fourth-order valence-corrected chi connectivity index (χ4v) is 6.86. The molecule has 2 aromatic heterocycles. The molecule has 3 aliphatic heterocycles. The van der Waals surface area contributed by atoms with Gasteiger partial charge < -0.3 is 19.7 Å². The number of fused-ring (bicyclic) bond motifs is 2. The van der Waals surface area contributed by atoms with Crippen LogP contribution in [0.1, 0.15) is 52.1 Å². The maximum absolute atomic E-state index is 13.6. The lowest BCUT2D eigenvalue weighted by molar-refractivity contribution is -0.135. The van der Waals surface area contributed by atoms with Crippen molar-refractivity contribution < 1.29 is 32.9 Å². The van der Waals surface area contributed by atoms with E-state index >= 15 is 0 Å². The van der Waals surface area contributed by atoms with Crippen molar-refractivity contribution in [1.82, 2.24) is 14.7 Å². The Kier molecular flexibility index (Phi) is 6.54. The van der Waals surface area contributed by atoms with E-state index in [1.807, 2.05) is 12.4 Å². The highest BCUT2D eigenvalue weighted by atomic mass is 32.1. The van der Waals surface area contributed by atoms with Gasteiger partial charge in [0.25, 0.3) is 0 Å². The number of hydrogen-bond donors (Lipinski definition) is 2. The van der Waals surface area contributed by atoms with Crippen molar-refractivity contribution in [2.24, 2.45) is 0 Å². The monoisotopic (exact) mass is 501 g/mol. The highest BCUT2D eigenvalue weighted by Crippen LogP contribution is 2.50. The van der Waals surface area contributed by atoms with E-state index in [1.165, 1.54) is 0 Å². The molecule has 0 bridgehead atoms. The molecule has 0 aliphatic carbocycles. The normalized spacial score (nSPS) is 22.7. The van der Waals surface area contributed by atoms with Crippen LogP contribution in [0.5, 0.6) is 0 Å². The third kappa shape index (κ3) is 4.66. The Balaban J connectivity index is 1.25. The first-order valence-electron chi connectivity index (χ1n) is 11.7. The molecular weight excluding hydrogens is 471 g/mol. The van der Waals surface area contributed by atoms with Gasteiger partial charge in [-0.25, -0.2) is 0 Å². The number of piperidine rings is 1. The number of alkyl halides is 3. The molecule has 5 rings (SSSR count). The number of likely N-dealkylation sites (tertiary alicyclic amines) is 1. The quantitative estimate of drug-likeness (QED) is 0.656. The summed E-state index contributed by atoms with van der Waals surface area (Å²) < 4.78 is 54.0. The maximum Gasteiger partial charge on any atom is 0.425 e. The SMILES string of the molecule is OCc1c(C(F)(F)F)sc2c1CCOC21CCN(Cc2cnn(CC3(O)CCOCC3)c2)CC1. The molecule has 0 amide bonds. The zero-order valence-corrected chi connectivity index (χ0v) is 19.8. The van der Waals surface area contributed by atoms with Gasteiger partial charge in [-0.2, -0.15) is 18.3 Å². The molecule has 5 heterocycles. The van der Waals surface area contributed by atoms with Gasteiger partial charge in [0.2, 0.25) is 0 Å². The number of ether oxygens (including phenoxy) is 2. The van der Waals surface area contributed by atoms with Crippen LogP contribution in [0, 0.1) is 0 Å². The lowest BCUT2D eigenvalue weighted by atomic mass is 9.84. The van der Waals surface area contributed by atoms with Crippen LogP contribution in [0.3, 0.4) is 0 Å². The number of aromatic nitrogens is 2. The summed E-state index contributed by atoms with van der Waals surface area (Å²) in [5.74, 6) is 0. The number of nitrogens with zero attached hydrogens (tertiary/aromatic N) is 3. The second-order valence-corrected chi connectivity index (χ2v) is 10.6. The van der Waals surface area contributed by atoms with Gasteiger partial charge in [-0.05, 0) is 24.8 Å². The smallest absolute Gasteiger partial charge is 0.392 e. The molecule has 3 aliphatic rings. The number of hydrogen-bond acceptors (Lipinski definition) is 7. The van der Waals surface area contributed by atoms with Crippen molar-refractivity contribution >= 4 is 11.3 Å². The minimum atomic E-state index is -4.47. The Morgan fingerprint density at radius 3 is 2.53 bits per heavy atom. The number of aliphatic hydroxyl groups is 2. The van der Waals surface area contributed by atoms with E-state index in [9.17, 15) is 23.4 Å². The summed E-state index contributed by atoms with van der Waals surface area (Å²) in [6, 6.07) is 0. The molecule has 2 saturated heterocycles. The summed E-state index contributed by atoms with van der Waals surface area (Å²) in [6.07, 6.45) is 2.10. The first-order chi connectivity index (χ1) is 16.2. The van der Waals surface area contributed by atoms with E-state index < -0.39 is 28.9 Å². The molecule has 1 spiro atoms. The molecule has 11 heteroatoms. The topological polar surface area (TPSA) is 80.0 Å². The predicted octanol–water partition coefficient (Wildman–Crippen LogP) is 3.06. The van der Waals surface area contributed by atoms with Crippen LogP contribution in [0.2, 0.25) is 0 Å². The molecule has 0 saturated carbocycles. The summed E-state index contributed by atoms with van der Waals surface area (Å²) in [7, 11) is 0. The van der Waals surface area contributed by atoms with Crippen LogP contribution in [0.4, 0.5) is 13.2 Å². The van der Waals surface area contributed by atoms with Crippen LogP contribution in [-0.4, -0.2) is 63.4 Å². The van der Waals surface area contributed by atoms with Crippen molar-refractivity contribution in [3.05, 3.63) is 38.8 Å². The Labute approximate surface area is 200 Å². The minimum absolute atomic E-state index is 0.0243. The van der Waals surface area contributed by atoms with Crippen molar-refractivity contribution in [1.29, 1.82) is 0 Å². The third-order valence-corrected chi connectivity index (χ3v) is 8.82. The summed E-state index contributed by atoms with van der Waals surface area (Å²) in [4.78, 5) is 2.22. The van der Waals surface area contributed by atoms with E-state index in [-0.39, 0.29) is 5.56 Å². The highest BCUT2D eigenvalue weighted by molar-refractivity contribution is 7.12. The lowest BCUT2D eigenvalue weighted by Gasteiger charge is -2.43. The van der Waals surface area contributed by atoms with Crippen molar-refractivity contribution in [2.75, 3.05) is 32.9 Å². The van der Waals surface area contributed by atoms with E-state index in [2.05, 4.69) is 10.00 Å². The Hall–Kier alpha value is -1.50. The third-order valence-electron chi connectivity index (χ3n) is 7.31. The summed E-state index contributed by atoms with van der Waals surface area (Å²) in [6.45, 7) is 3.38. The largest absolute Gasteiger partial charge is 0.425 e. The lowest BCUT2D eigenvalue weighted by Crippen LogP contribution is -2.45. The van der Waals surface area contributed by atoms with Gasteiger partial charge in [0.1, 0.15) is 10.5 Å². The van der Waals surface area contributed by atoms with Gasteiger partial charge in [-0.15, -0.1) is 11.3 Å². The molecule has 2 N–H and O–H groups in total. The first-order valence-corrected chi connectivity index (χ1v) is 12.5. The molecular formula is C23H30F3N3O4S. The van der Waals surface area contributed by atoms with Gasteiger partial charge in [0, 0.05) is 67.9 Å². The van der Waals surface area contributed by atoms with Crippen LogP contribution in [0.15, 0.2) is 12.4 Å². The Morgan fingerprint density at radius 1 is 1.12 bits per heavy atom. The average molecular weight is 502 g/mol. The van der Waals surface area contributed by atoms with Crippen LogP contribution in [0.25, 0.3) is 0 Å². The number of rotatable bonds is 5. The molecule has 34 heavy (non-hydrogen) atoms.